The van der Waals surface area contributed by atoms with Gasteiger partial charge in [-0.3, -0.25) is 14.5 Å². The Hall–Kier alpha value is -4.88. The Labute approximate surface area is 235 Å². The maximum atomic E-state index is 13.8. The van der Waals surface area contributed by atoms with Crippen molar-refractivity contribution in [3.63, 3.8) is 0 Å². The van der Waals surface area contributed by atoms with Crippen LogP contribution in [0.25, 0.3) is 39.1 Å². The average molecular weight is 550 g/mol. The second-order valence-corrected chi connectivity index (χ2v) is 9.79. The Bertz CT molecular complexity index is 1870. The molecular weight excluding hydrogens is 526 g/mol. The molecule has 198 valence electrons. The van der Waals surface area contributed by atoms with Crippen molar-refractivity contribution in [3.8, 4) is 22.4 Å². The minimum Gasteiger partial charge on any atom is -0.462 e. The molecule has 40 heavy (non-hydrogen) atoms. The van der Waals surface area contributed by atoms with Gasteiger partial charge in [0.05, 0.1) is 33.8 Å². The van der Waals surface area contributed by atoms with Crippen LogP contribution in [0.4, 0.5) is 5.69 Å². The molecule has 0 radical (unpaired) electrons. The molecule has 0 spiro atoms. The van der Waals surface area contributed by atoms with Crippen LogP contribution in [0.5, 0.6) is 0 Å². The number of carbonyl (C=O) groups excluding carboxylic acids is 1. The van der Waals surface area contributed by atoms with Crippen molar-refractivity contribution >= 4 is 39.9 Å². The summed E-state index contributed by atoms with van der Waals surface area (Å²) in [4.78, 5) is 24.7. The fourth-order valence-corrected chi connectivity index (χ4v) is 5.40. The molecular formula is C32H24ClN3O4. The molecule has 0 saturated heterocycles. The van der Waals surface area contributed by atoms with Gasteiger partial charge in [-0.15, -0.1) is 0 Å². The number of halogens is 1. The summed E-state index contributed by atoms with van der Waals surface area (Å²) >= 11 is 6.26. The number of non-ortho nitro benzene ring substituents is 1. The Kier molecular flexibility index (Phi) is 6.58. The maximum Gasteiger partial charge on any atom is 0.341 e. The summed E-state index contributed by atoms with van der Waals surface area (Å²) in [5.41, 5.74) is 6.92. The fourth-order valence-electron chi connectivity index (χ4n) is 5.28. The Morgan fingerprint density at radius 3 is 2.12 bits per heavy atom. The van der Waals surface area contributed by atoms with Crippen molar-refractivity contribution in [2.24, 2.45) is 0 Å². The van der Waals surface area contributed by atoms with E-state index in [4.69, 9.17) is 16.3 Å². The van der Waals surface area contributed by atoms with E-state index in [-0.39, 0.29) is 12.3 Å². The lowest BCUT2D eigenvalue weighted by molar-refractivity contribution is -0.384. The number of fused-ring (bicyclic) bond motifs is 3. The molecule has 0 amide bonds. The van der Waals surface area contributed by atoms with Crippen molar-refractivity contribution < 1.29 is 14.5 Å². The van der Waals surface area contributed by atoms with Gasteiger partial charge < -0.3 is 9.30 Å². The van der Waals surface area contributed by atoms with E-state index < -0.39 is 10.9 Å². The van der Waals surface area contributed by atoms with E-state index in [1.54, 1.807) is 31.2 Å². The van der Waals surface area contributed by atoms with Crippen LogP contribution in [0.15, 0.2) is 103 Å². The number of nitrogens with zero attached hydrogens (tertiary/aromatic N) is 3. The number of carbonyl (C=O) groups is 1. The smallest absolute Gasteiger partial charge is 0.341 e. The van der Waals surface area contributed by atoms with Crippen LogP contribution < -0.4 is 0 Å². The predicted molar refractivity (Wildman–Crippen MR) is 157 cm³/mol. The second-order valence-electron chi connectivity index (χ2n) is 9.35. The van der Waals surface area contributed by atoms with E-state index in [1.165, 1.54) is 12.1 Å². The van der Waals surface area contributed by atoms with Gasteiger partial charge in [-0.1, -0.05) is 66.2 Å². The topological polar surface area (TPSA) is 78.8 Å². The summed E-state index contributed by atoms with van der Waals surface area (Å²) in [6, 6.07) is 31.8. The van der Waals surface area contributed by atoms with Crippen molar-refractivity contribution in [1.29, 1.82) is 0 Å². The molecule has 0 N–H and O–H groups in total. The molecule has 0 atom stereocenters. The third-order valence-electron chi connectivity index (χ3n) is 6.96. The van der Waals surface area contributed by atoms with Gasteiger partial charge in [-0.2, -0.15) is 0 Å². The number of nitro groups is 1. The number of aromatic nitrogens is 2. The standard InChI is InChI=1S/C32H24ClN3O4/c1-2-40-32(37)29-28(22-12-16-24(33)17-13-22)31-34(20-21-8-4-3-5-9-21)26-10-6-7-11-27(26)35(31)30(29)23-14-18-25(19-15-23)36(38)39/h3-19H,2,20H2,1H3. The van der Waals surface area contributed by atoms with Crippen LogP contribution in [0.2, 0.25) is 5.02 Å². The van der Waals surface area contributed by atoms with Crippen molar-refractivity contribution in [1.82, 2.24) is 8.97 Å². The Morgan fingerprint density at radius 2 is 1.48 bits per heavy atom. The van der Waals surface area contributed by atoms with E-state index in [0.29, 0.717) is 34.0 Å². The molecule has 0 aliphatic carbocycles. The number of esters is 1. The molecule has 7 nitrogen and oxygen atoms in total. The molecule has 4 aromatic carbocycles. The highest BCUT2D eigenvalue weighted by Gasteiger charge is 2.31. The molecule has 0 aliphatic heterocycles. The molecule has 0 fully saturated rings. The van der Waals surface area contributed by atoms with Gasteiger partial charge in [0.15, 0.2) is 0 Å². The first kappa shape index (κ1) is 25.4. The maximum absolute atomic E-state index is 13.8. The molecule has 8 heteroatoms. The number of ether oxygens (including phenoxy) is 1. The van der Waals surface area contributed by atoms with E-state index in [2.05, 4.69) is 27.2 Å². The largest absolute Gasteiger partial charge is 0.462 e. The number of imidazole rings is 1. The number of nitro benzene ring substituents is 1. The van der Waals surface area contributed by atoms with Crippen LogP contribution in [-0.2, 0) is 11.3 Å². The summed E-state index contributed by atoms with van der Waals surface area (Å²) in [6.45, 7) is 2.53. The number of benzene rings is 4. The Balaban J connectivity index is 1.79. The van der Waals surface area contributed by atoms with Crippen LogP contribution in [-0.4, -0.2) is 26.5 Å². The predicted octanol–water partition coefficient (Wildman–Crippen LogP) is 8.01. The van der Waals surface area contributed by atoms with Gasteiger partial charge >= 0.3 is 5.97 Å². The lowest BCUT2D eigenvalue weighted by atomic mass is 9.99. The van der Waals surface area contributed by atoms with E-state index in [1.807, 2.05) is 48.5 Å². The SMILES string of the molecule is CCOC(=O)c1c(-c2ccc(Cl)cc2)c2n(Cc3ccccc3)c3ccccc3n2c1-c1ccc([N+](=O)[O-])cc1. The molecule has 0 aliphatic rings. The summed E-state index contributed by atoms with van der Waals surface area (Å²) < 4.78 is 9.88. The number of para-hydroxylation sites is 2. The first-order valence-electron chi connectivity index (χ1n) is 12.9. The van der Waals surface area contributed by atoms with Crippen molar-refractivity contribution in [3.05, 3.63) is 129 Å². The molecule has 2 aromatic heterocycles. The van der Waals surface area contributed by atoms with Crippen LogP contribution in [0, 0.1) is 10.1 Å². The van der Waals surface area contributed by atoms with E-state index >= 15 is 0 Å². The van der Waals surface area contributed by atoms with Crippen molar-refractivity contribution in [2.45, 2.75) is 13.5 Å². The van der Waals surface area contributed by atoms with Crippen LogP contribution >= 0.6 is 11.6 Å². The average Bonchev–Trinajstić information content (AvgIpc) is 3.48. The van der Waals surface area contributed by atoms with Gasteiger partial charge in [0.25, 0.3) is 5.69 Å². The molecule has 0 saturated carbocycles. The third kappa shape index (κ3) is 4.30. The lowest BCUT2D eigenvalue weighted by Gasteiger charge is -2.11. The zero-order valence-corrected chi connectivity index (χ0v) is 22.3. The summed E-state index contributed by atoms with van der Waals surface area (Å²) in [5, 5.41) is 12.0. The number of hydrogen-bond acceptors (Lipinski definition) is 4. The van der Waals surface area contributed by atoms with E-state index in [9.17, 15) is 14.9 Å². The third-order valence-corrected chi connectivity index (χ3v) is 7.21. The minimum atomic E-state index is -0.472. The van der Waals surface area contributed by atoms with Crippen molar-refractivity contribution in [2.75, 3.05) is 6.61 Å². The molecule has 6 rings (SSSR count). The monoisotopic (exact) mass is 549 g/mol. The summed E-state index contributed by atoms with van der Waals surface area (Å²) in [6.07, 6.45) is 0. The van der Waals surface area contributed by atoms with Gasteiger partial charge in [-0.05, 0) is 60.0 Å². The zero-order chi connectivity index (χ0) is 27.8. The van der Waals surface area contributed by atoms with Crippen LogP contribution in [0.1, 0.15) is 22.8 Å². The highest BCUT2D eigenvalue weighted by Crippen LogP contribution is 2.43. The second kappa shape index (κ2) is 10.4. The minimum absolute atomic E-state index is 0.0290. The van der Waals surface area contributed by atoms with Crippen LogP contribution in [0.3, 0.4) is 0 Å². The molecule has 0 unspecified atom stereocenters. The molecule has 6 aromatic rings. The molecule has 2 heterocycles. The number of rotatable bonds is 7. The molecule has 0 bridgehead atoms. The highest BCUT2D eigenvalue weighted by molar-refractivity contribution is 6.30. The highest BCUT2D eigenvalue weighted by atomic mass is 35.5. The van der Waals surface area contributed by atoms with Gasteiger partial charge in [0, 0.05) is 29.3 Å². The first-order valence-corrected chi connectivity index (χ1v) is 13.2. The first-order chi connectivity index (χ1) is 19.5. The van der Waals surface area contributed by atoms with E-state index in [0.717, 1.165) is 27.8 Å². The normalized spacial score (nSPS) is 11.2. The number of hydrogen-bond donors (Lipinski definition) is 0. The zero-order valence-electron chi connectivity index (χ0n) is 21.6. The fraction of sp³-hybridized carbons (Fsp3) is 0.0938. The Morgan fingerprint density at radius 1 is 0.850 bits per heavy atom. The summed E-state index contributed by atoms with van der Waals surface area (Å²) in [7, 11) is 0. The summed E-state index contributed by atoms with van der Waals surface area (Å²) in [5.74, 6) is -0.472. The van der Waals surface area contributed by atoms with Gasteiger partial charge in [-0.25, -0.2) is 4.79 Å². The van der Waals surface area contributed by atoms with Gasteiger partial charge in [0.1, 0.15) is 5.65 Å². The quantitative estimate of drug-likeness (QED) is 0.115. The lowest BCUT2D eigenvalue weighted by Crippen LogP contribution is -2.08. The van der Waals surface area contributed by atoms with Gasteiger partial charge in [0.2, 0.25) is 0 Å².